The summed E-state index contributed by atoms with van der Waals surface area (Å²) in [4.78, 5) is 32.6. The number of amides is 3. The van der Waals surface area contributed by atoms with Crippen LogP contribution in [0, 0.1) is 19.8 Å². The molecule has 1 heterocycles. The molecule has 0 radical (unpaired) electrons. The number of benzene rings is 2. The molecule has 0 saturated carbocycles. The van der Waals surface area contributed by atoms with Crippen molar-refractivity contribution in [3.63, 3.8) is 0 Å². The van der Waals surface area contributed by atoms with Crippen LogP contribution in [0.2, 0.25) is 0 Å². The first-order valence-corrected chi connectivity index (χ1v) is 12.6. The minimum atomic E-state index is -0.245. The number of thiophene rings is 1. The maximum Gasteiger partial charge on any atom is 0.322 e. The minimum absolute atomic E-state index is 0.0409. The van der Waals surface area contributed by atoms with E-state index in [0.29, 0.717) is 25.6 Å². The lowest BCUT2D eigenvalue weighted by Crippen LogP contribution is -2.45. The van der Waals surface area contributed by atoms with Gasteiger partial charge in [0.05, 0.1) is 6.54 Å². The van der Waals surface area contributed by atoms with Crippen LogP contribution >= 0.6 is 11.3 Å². The normalized spacial score (nSPS) is 11.6. The van der Waals surface area contributed by atoms with E-state index in [1.54, 1.807) is 16.2 Å². The SMILES string of the molecule is CCC(C)CN(CC(=O)N(Cc1ccccc1)Cc1ccc(C)s1)C(=O)Nc1cccc(C)c1. The lowest BCUT2D eigenvalue weighted by Gasteiger charge is -2.29. The van der Waals surface area contributed by atoms with Gasteiger partial charge < -0.3 is 15.1 Å². The van der Waals surface area contributed by atoms with E-state index in [0.717, 1.165) is 28.1 Å². The molecule has 1 N–H and O–H groups in total. The molecule has 2 aromatic carbocycles. The van der Waals surface area contributed by atoms with Crippen molar-refractivity contribution in [2.45, 2.75) is 47.2 Å². The van der Waals surface area contributed by atoms with Gasteiger partial charge in [0, 0.05) is 28.5 Å². The van der Waals surface area contributed by atoms with Gasteiger partial charge in [0.15, 0.2) is 0 Å². The van der Waals surface area contributed by atoms with Crippen molar-refractivity contribution in [3.8, 4) is 0 Å². The zero-order chi connectivity index (χ0) is 24.5. The van der Waals surface area contributed by atoms with Crippen molar-refractivity contribution in [1.82, 2.24) is 9.80 Å². The van der Waals surface area contributed by atoms with Crippen LogP contribution in [0.15, 0.2) is 66.7 Å². The molecule has 1 unspecified atom stereocenters. The van der Waals surface area contributed by atoms with E-state index in [2.05, 4.69) is 38.2 Å². The molecule has 1 aromatic heterocycles. The minimum Gasteiger partial charge on any atom is -0.332 e. The largest absolute Gasteiger partial charge is 0.332 e. The second kappa shape index (κ2) is 12.4. The number of carbonyl (C=O) groups is 2. The fourth-order valence-corrected chi connectivity index (χ4v) is 4.61. The summed E-state index contributed by atoms with van der Waals surface area (Å²) in [7, 11) is 0. The molecule has 0 spiro atoms. The van der Waals surface area contributed by atoms with Gasteiger partial charge in [-0.15, -0.1) is 11.3 Å². The molecule has 0 bridgehead atoms. The third kappa shape index (κ3) is 7.73. The van der Waals surface area contributed by atoms with Crippen molar-refractivity contribution < 1.29 is 9.59 Å². The number of anilines is 1. The molecule has 0 aliphatic heterocycles. The number of nitrogens with zero attached hydrogens (tertiary/aromatic N) is 2. The molecule has 0 aliphatic carbocycles. The number of carbonyl (C=O) groups excluding carboxylic acids is 2. The first-order chi connectivity index (χ1) is 16.3. The summed E-state index contributed by atoms with van der Waals surface area (Å²) in [5.41, 5.74) is 2.88. The van der Waals surface area contributed by atoms with E-state index in [9.17, 15) is 9.59 Å². The first-order valence-electron chi connectivity index (χ1n) is 11.8. The van der Waals surface area contributed by atoms with Crippen LogP contribution in [0.5, 0.6) is 0 Å². The van der Waals surface area contributed by atoms with Crippen molar-refractivity contribution in [3.05, 3.63) is 87.6 Å². The summed E-state index contributed by atoms with van der Waals surface area (Å²) < 4.78 is 0. The highest BCUT2D eigenvalue weighted by atomic mass is 32.1. The van der Waals surface area contributed by atoms with E-state index >= 15 is 0 Å². The zero-order valence-electron chi connectivity index (χ0n) is 20.6. The average Bonchev–Trinajstić information content (AvgIpc) is 3.23. The Morgan fingerprint density at radius 1 is 0.941 bits per heavy atom. The third-order valence-electron chi connectivity index (χ3n) is 5.82. The quantitative estimate of drug-likeness (QED) is 0.364. The first kappa shape index (κ1) is 25.5. The molecule has 0 fully saturated rings. The Balaban J connectivity index is 1.78. The molecule has 180 valence electrons. The molecule has 0 saturated heterocycles. The van der Waals surface area contributed by atoms with Crippen LogP contribution in [0.4, 0.5) is 10.5 Å². The highest BCUT2D eigenvalue weighted by Crippen LogP contribution is 2.19. The number of rotatable bonds is 10. The summed E-state index contributed by atoms with van der Waals surface area (Å²) in [6.45, 7) is 9.87. The topological polar surface area (TPSA) is 52.7 Å². The van der Waals surface area contributed by atoms with Gasteiger partial charge >= 0.3 is 6.03 Å². The molecule has 5 nitrogen and oxygen atoms in total. The third-order valence-corrected chi connectivity index (χ3v) is 6.81. The fourth-order valence-electron chi connectivity index (χ4n) is 3.71. The lowest BCUT2D eigenvalue weighted by molar-refractivity contribution is -0.133. The van der Waals surface area contributed by atoms with Gasteiger partial charge in [-0.25, -0.2) is 4.79 Å². The Kier molecular flexibility index (Phi) is 9.28. The molecule has 3 amide bonds. The molecule has 6 heteroatoms. The van der Waals surface area contributed by atoms with Gasteiger partial charge in [-0.05, 0) is 55.2 Å². The van der Waals surface area contributed by atoms with Gasteiger partial charge in [-0.2, -0.15) is 0 Å². The number of aryl methyl sites for hydroxylation is 2. The molecular formula is C28H35N3O2S. The Hall–Kier alpha value is -3.12. The summed E-state index contributed by atoms with van der Waals surface area (Å²) >= 11 is 1.70. The van der Waals surface area contributed by atoms with Gasteiger partial charge in [0.2, 0.25) is 5.91 Å². The van der Waals surface area contributed by atoms with Crippen LogP contribution in [0.25, 0.3) is 0 Å². The highest BCUT2D eigenvalue weighted by Gasteiger charge is 2.23. The van der Waals surface area contributed by atoms with Crippen molar-refractivity contribution in [2.75, 3.05) is 18.4 Å². The van der Waals surface area contributed by atoms with E-state index < -0.39 is 0 Å². The highest BCUT2D eigenvalue weighted by molar-refractivity contribution is 7.11. The maximum atomic E-state index is 13.6. The monoisotopic (exact) mass is 477 g/mol. The van der Waals surface area contributed by atoms with Crippen molar-refractivity contribution >= 4 is 29.0 Å². The van der Waals surface area contributed by atoms with E-state index in [1.165, 1.54) is 4.88 Å². The molecular weight excluding hydrogens is 442 g/mol. The second-order valence-electron chi connectivity index (χ2n) is 8.94. The van der Waals surface area contributed by atoms with Crippen LogP contribution < -0.4 is 5.32 Å². The van der Waals surface area contributed by atoms with E-state index in [-0.39, 0.29) is 18.5 Å². The van der Waals surface area contributed by atoms with Gasteiger partial charge in [0.25, 0.3) is 0 Å². The molecule has 3 rings (SSSR count). The number of nitrogens with one attached hydrogen (secondary N) is 1. The Morgan fingerprint density at radius 2 is 1.71 bits per heavy atom. The predicted octanol–water partition coefficient (Wildman–Crippen LogP) is 6.47. The van der Waals surface area contributed by atoms with Crippen LogP contribution in [-0.4, -0.2) is 34.8 Å². The van der Waals surface area contributed by atoms with Crippen LogP contribution in [-0.2, 0) is 17.9 Å². The van der Waals surface area contributed by atoms with E-state index in [1.807, 2.05) is 66.4 Å². The molecule has 3 aromatic rings. The number of urea groups is 1. The maximum absolute atomic E-state index is 13.6. The van der Waals surface area contributed by atoms with Gasteiger partial charge in [-0.1, -0.05) is 62.7 Å². The molecule has 0 aliphatic rings. The summed E-state index contributed by atoms with van der Waals surface area (Å²) in [6, 6.07) is 21.6. The average molecular weight is 478 g/mol. The summed E-state index contributed by atoms with van der Waals surface area (Å²) in [5, 5.41) is 2.98. The summed E-state index contributed by atoms with van der Waals surface area (Å²) in [5.74, 6) is 0.233. The lowest BCUT2D eigenvalue weighted by atomic mass is 10.1. The van der Waals surface area contributed by atoms with Gasteiger partial charge in [0.1, 0.15) is 6.54 Å². The van der Waals surface area contributed by atoms with Crippen LogP contribution in [0.3, 0.4) is 0 Å². The number of hydrogen-bond donors (Lipinski definition) is 1. The zero-order valence-corrected chi connectivity index (χ0v) is 21.4. The number of hydrogen-bond acceptors (Lipinski definition) is 3. The molecule has 1 atom stereocenters. The van der Waals surface area contributed by atoms with Crippen molar-refractivity contribution in [2.24, 2.45) is 5.92 Å². The predicted molar refractivity (Wildman–Crippen MR) is 141 cm³/mol. The van der Waals surface area contributed by atoms with E-state index in [4.69, 9.17) is 0 Å². The Labute approximate surface area is 207 Å². The molecule has 34 heavy (non-hydrogen) atoms. The fraction of sp³-hybridized carbons (Fsp3) is 0.357. The van der Waals surface area contributed by atoms with Gasteiger partial charge in [-0.3, -0.25) is 4.79 Å². The smallest absolute Gasteiger partial charge is 0.322 e. The standard InChI is InChI=1S/C28H35N3O2S/c1-5-21(2)17-31(28(33)29-25-13-9-10-22(3)16-25)20-27(32)30(18-24-11-7-6-8-12-24)19-26-15-14-23(4)34-26/h6-16,21H,5,17-20H2,1-4H3,(H,29,33). The van der Waals surface area contributed by atoms with Crippen LogP contribution in [0.1, 0.15) is 41.1 Å². The van der Waals surface area contributed by atoms with Crippen molar-refractivity contribution in [1.29, 1.82) is 0 Å². The summed E-state index contributed by atoms with van der Waals surface area (Å²) in [6.07, 6.45) is 0.935. The Bertz CT molecular complexity index is 1080. The Morgan fingerprint density at radius 3 is 2.35 bits per heavy atom. The second-order valence-corrected chi connectivity index (χ2v) is 10.3.